The Morgan fingerprint density at radius 3 is 2.47 bits per heavy atom. The number of guanidine groups is 1. The number of hydrogen-bond donors (Lipinski definition) is 1. The van der Waals surface area contributed by atoms with Gasteiger partial charge in [-0.25, -0.2) is 0 Å². The molecule has 2 saturated heterocycles. The number of nitrogens with zero attached hydrogens (tertiary/aromatic N) is 4. The molecule has 1 unspecified atom stereocenters. The molecule has 2 fully saturated rings. The van der Waals surface area contributed by atoms with Crippen molar-refractivity contribution in [2.24, 2.45) is 10.9 Å². The summed E-state index contributed by atoms with van der Waals surface area (Å²) in [5.41, 5.74) is 1.16. The lowest BCUT2D eigenvalue weighted by atomic mass is 10.1. The molecule has 0 saturated carbocycles. The Morgan fingerprint density at radius 1 is 1.06 bits per heavy atom. The molecule has 1 aromatic carbocycles. The summed E-state index contributed by atoms with van der Waals surface area (Å²) in [6.07, 6.45) is 0. The summed E-state index contributed by atoms with van der Waals surface area (Å²) in [5, 5.41) is 3.50. The maximum atomic E-state index is 5.55. The van der Waals surface area contributed by atoms with Crippen molar-refractivity contribution in [3.63, 3.8) is 0 Å². The van der Waals surface area contributed by atoms with E-state index in [0.717, 1.165) is 102 Å². The number of benzene rings is 1. The molecule has 32 heavy (non-hydrogen) atoms. The molecule has 1 N–H and O–H groups in total. The molecule has 2 aliphatic heterocycles. The molecule has 2 heterocycles. The first-order valence-corrected chi connectivity index (χ1v) is 11.9. The molecular weight excluding hydrogens is 406 g/mol. The van der Waals surface area contributed by atoms with Crippen LogP contribution in [-0.2, 0) is 11.3 Å². The van der Waals surface area contributed by atoms with Crippen LogP contribution in [0.15, 0.2) is 23.2 Å². The first kappa shape index (κ1) is 24.6. The minimum Gasteiger partial charge on any atom is -0.497 e. The van der Waals surface area contributed by atoms with E-state index < -0.39 is 0 Å². The highest BCUT2D eigenvalue weighted by Gasteiger charge is 2.21. The Labute approximate surface area is 193 Å². The molecule has 2 aliphatic rings. The highest BCUT2D eigenvalue weighted by Crippen LogP contribution is 2.25. The molecule has 3 rings (SSSR count). The summed E-state index contributed by atoms with van der Waals surface area (Å²) in [7, 11) is 3.43. The van der Waals surface area contributed by atoms with Crippen LogP contribution >= 0.6 is 0 Å². The average molecular weight is 448 g/mol. The predicted molar refractivity (Wildman–Crippen MR) is 129 cm³/mol. The fraction of sp³-hybridized carbons (Fsp3) is 0.708. The van der Waals surface area contributed by atoms with Gasteiger partial charge in [0.15, 0.2) is 5.96 Å². The molecule has 180 valence electrons. The van der Waals surface area contributed by atoms with E-state index in [4.69, 9.17) is 19.2 Å². The van der Waals surface area contributed by atoms with Gasteiger partial charge in [0.1, 0.15) is 11.5 Å². The summed E-state index contributed by atoms with van der Waals surface area (Å²) < 4.78 is 16.4. The lowest BCUT2D eigenvalue weighted by Crippen LogP contribution is -2.52. The Kier molecular flexibility index (Phi) is 9.89. The van der Waals surface area contributed by atoms with E-state index in [2.05, 4.69) is 39.9 Å². The normalized spacial score (nSPS) is 19.6. The Morgan fingerprint density at radius 2 is 1.81 bits per heavy atom. The van der Waals surface area contributed by atoms with E-state index in [9.17, 15) is 0 Å². The van der Waals surface area contributed by atoms with Gasteiger partial charge < -0.3 is 24.4 Å². The van der Waals surface area contributed by atoms with Crippen LogP contribution in [-0.4, -0.2) is 107 Å². The molecule has 1 aromatic rings. The van der Waals surface area contributed by atoms with Gasteiger partial charge in [-0.15, -0.1) is 0 Å². The van der Waals surface area contributed by atoms with E-state index in [0.29, 0.717) is 5.92 Å². The lowest BCUT2D eigenvalue weighted by Gasteiger charge is -2.37. The SMILES string of the molecule is CCNC(=NCC(C)CN1CCOCC1)N1CCN(Cc2cc(OC)ccc2OC)CC1. The molecule has 0 radical (unpaired) electrons. The number of nitrogens with one attached hydrogen (secondary N) is 1. The Bertz CT molecular complexity index is 716. The van der Waals surface area contributed by atoms with Gasteiger partial charge in [0.05, 0.1) is 27.4 Å². The fourth-order valence-electron chi connectivity index (χ4n) is 4.31. The summed E-state index contributed by atoms with van der Waals surface area (Å²) in [6, 6.07) is 6.00. The quantitative estimate of drug-likeness (QED) is 0.457. The minimum absolute atomic E-state index is 0.531. The molecule has 0 bridgehead atoms. The lowest BCUT2D eigenvalue weighted by molar-refractivity contribution is 0.0323. The summed E-state index contributed by atoms with van der Waals surface area (Å²) in [5.74, 6) is 3.35. The van der Waals surface area contributed by atoms with Gasteiger partial charge in [-0.05, 0) is 31.0 Å². The third-order valence-corrected chi connectivity index (χ3v) is 6.11. The molecule has 1 atom stereocenters. The van der Waals surface area contributed by atoms with Crippen LogP contribution in [0.3, 0.4) is 0 Å². The van der Waals surface area contributed by atoms with Crippen LogP contribution in [0.4, 0.5) is 0 Å². The van der Waals surface area contributed by atoms with Crippen LogP contribution in [0.1, 0.15) is 19.4 Å². The minimum atomic E-state index is 0.531. The maximum Gasteiger partial charge on any atom is 0.194 e. The second-order valence-electron chi connectivity index (χ2n) is 8.65. The number of rotatable bonds is 9. The van der Waals surface area contributed by atoms with Crippen LogP contribution in [0.25, 0.3) is 0 Å². The molecule has 0 spiro atoms. The van der Waals surface area contributed by atoms with Crippen LogP contribution in [0, 0.1) is 5.92 Å². The Hall–Kier alpha value is -2.03. The summed E-state index contributed by atoms with van der Waals surface area (Å²) >= 11 is 0. The van der Waals surface area contributed by atoms with Gasteiger partial charge in [-0.1, -0.05) is 6.92 Å². The zero-order chi connectivity index (χ0) is 22.8. The van der Waals surface area contributed by atoms with Gasteiger partial charge in [-0.2, -0.15) is 0 Å². The van der Waals surface area contributed by atoms with Gasteiger partial charge >= 0.3 is 0 Å². The molecular formula is C24H41N5O3. The van der Waals surface area contributed by atoms with Crippen molar-refractivity contribution in [2.45, 2.75) is 20.4 Å². The van der Waals surface area contributed by atoms with Gasteiger partial charge in [-0.3, -0.25) is 14.8 Å². The monoisotopic (exact) mass is 447 g/mol. The largest absolute Gasteiger partial charge is 0.497 e. The fourth-order valence-corrected chi connectivity index (χ4v) is 4.31. The highest BCUT2D eigenvalue weighted by molar-refractivity contribution is 5.80. The summed E-state index contributed by atoms with van der Waals surface area (Å²) in [4.78, 5) is 12.3. The highest BCUT2D eigenvalue weighted by atomic mass is 16.5. The van der Waals surface area contributed by atoms with Gasteiger partial charge in [0.2, 0.25) is 0 Å². The number of methoxy groups -OCH3 is 2. The maximum absolute atomic E-state index is 5.55. The van der Waals surface area contributed by atoms with Crippen molar-refractivity contribution >= 4 is 5.96 Å². The number of aliphatic imine (C=N–C) groups is 1. The van der Waals surface area contributed by atoms with Crippen molar-refractivity contribution in [2.75, 3.05) is 86.3 Å². The van der Waals surface area contributed by atoms with E-state index in [1.807, 2.05) is 12.1 Å². The summed E-state index contributed by atoms with van der Waals surface area (Å²) in [6.45, 7) is 15.8. The molecule has 0 aliphatic carbocycles. The van der Waals surface area contributed by atoms with Gasteiger partial charge in [0.25, 0.3) is 0 Å². The average Bonchev–Trinajstić information content (AvgIpc) is 2.83. The molecule has 0 aromatic heterocycles. The third kappa shape index (κ3) is 7.25. The number of ether oxygens (including phenoxy) is 3. The van der Waals surface area contributed by atoms with Crippen molar-refractivity contribution in [1.82, 2.24) is 20.0 Å². The van der Waals surface area contributed by atoms with E-state index in [1.54, 1.807) is 14.2 Å². The zero-order valence-corrected chi connectivity index (χ0v) is 20.3. The first-order valence-electron chi connectivity index (χ1n) is 11.9. The van der Waals surface area contributed by atoms with Crippen molar-refractivity contribution in [1.29, 1.82) is 0 Å². The van der Waals surface area contributed by atoms with Crippen LogP contribution < -0.4 is 14.8 Å². The van der Waals surface area contributed by atoms with Crippen molar-refractivity contribution in [3.05, 3.63) is 23.8 Å². The third-order valence-electron chi connectivity index (χ3n) is 6.11. The second-order valence-corrected chi connectivity index (χ2v) is 8.65. The zero-order valence-electron chi connectivity index (χ0n) is 20.3. The molecule has 0 amide bonds. The predicted octanol–water partition coefficient (Wildman–Crippen LogP) is 1.76. The Balaban J connectivity index is 1.51. The molecule has 8 heteroatoms. The molecule has 8 nitrogen and oxygen atoms in total. The number of piperazine rings is 1. The number of hydrogen-bond acceptors (Lipinski definition) is 6. The van der Waals surface area contributed by atoms with Gasteiger partial charge in [0, 0.05) is 71.0 Å². The van der Waals surface area contributed by atoms with Crippen LogP contribution in [0.5, 0.6) is 11.5 Å². The topological polar surface area (TPSA) is 61.8 Å². The van der Waals surface area contributed by atoms with E-state index >= 15 is 0 Å². The van der Waals surface area contributed by atoms with E-state index in [1.165, 1.54) is 0 Å². The standard InChI is InChI=1S/C24H41N5O3/c1-5-25-24(26-17-20(2)18-28-12-14-32-15-13-28)29-10-8-27(9-11-29)19-21-16-22(30-3)6-7-23(21)31-4/h6-7,16,20H,5,8-15,17-19H2,1-4H3,(H,25,26). The van der Waals surface area contributed by atoms with E-state index in [-0.39, 0.29) is 0 Å². The van der Waals surface area contributed by atoms with Crippen molar-refractivity contribution < 1.29 is 14.2 Å². The number of morpholine rings is 1. The van der Waals surface area contributed by atoms with Crippen molar-refractivity contribution in [3.8, 4) is 11.5 Å². The second kappa shape index (κ2) is 12.9. The van der Waals surface area contributed by atoms with Crippen LogP contribution in [0.2, 0.25) is 0 Å². The first-order chi connectivity index (χ1) is 15.6. The smallest absolute Gasteiger partial charge is 0.194 e.